The van der Waals surface area contributed by atoms with E-state index in [1.165, 1.54) is 0 Å². The van der Waals surface area contributed by atoms with Gasteiger partial charge in [0.25, 0.3) is 0 Å². The van der Waals surface area contributed by atoms with Crippen LogP contribution in [0.15, 0.2) is 53.0 Å². The predicted molar refractivity (Wildman–Crippen MR) is 77.6 cm³/mol. The van der Waals surface area contributed by atoms with Crippen molar-refractivity contribution in [3.63, 3.8) is 0 Å². The largest absolute Gasteiger partial charge is 0.366 e. The van der Waals surface area contributed by atoms with Gasteiger partial charge in [-0.2, -0.15) is 5.26 Å². The molecule has 0 amide bonds. The van der Waals surface area contributed by atoms with E-state index in [9.17, 15) is 5.26 Å². The van der Waals surface area contributed by atoms with Gasteiger partial charge in [-0.25, -0.2) is 0 Å². The number of rotatable bonds is 3. The number of anilines is 1. The van der Waals surface area contributed by atoms with E-state index >= 15 is 0 Å². The van der Waals surface area contributed by atoms with Crippen molar-refractivity contribution in [3.05, 3.63) is 63.6 Å². The molecule has 4 heteroatoms. The van der Waals surface area contributed by atoms with Crippen molar-refractivity contribution < 1.29 is 0 Å². The summed E-state index contributed by atoms with van der Waals surface area (Å²) in [5.41, 5.74) is 1.80. The number of nitrogens with zero attached hydrogens (tertiary/aromatic N) is 1. The number of nitrogens with one attached hydrogen (secondary N) is 1. The average Bonchev–Trinajstić information content (AvgIpc) is 2.39. The summed E-state index contributed by atoms with van der Waals surface area (Å²) in [6.45, 7) is 0. The number of hydrogen-bond donors (Lipinski definition) is 1. The van der Waals surface area contributed by atoms with Gasteiger partial charge in [-0.05, 0) is 42.0 Å². The number of benzene rings is 2. The minimum Gasteiger partial charge on any atom is -0.366 e. The highest BCUT2D eigenvalue weighted by atomic mass is 79.9. The molecule has 0 fully saturated rings. The van der Waals surface area contributed by atoms with Crippen molar-refractivity contribution in [1.29, 1.82) is 5.26 Å². The average molecular weight is 322 g/mol. The molecule has 2 aromatic rings. The maximum absolute atomic E-state index is 9.21. The number of halogens is 2. The van der Waals surface area contributed by atoms with Crippen molar-refractivity contribution in [1.82, 2.24) is 0 Å². The summed E-state index contributed by atoms with van der Waals surface area (Å²) >= 11 is 9.20. The molecule has 0 spiro atoms. The SMILES string of the molecule is N#CC(Nc1ccc(Br)cc1)c1ccc(Cl)cc1. The van der Waals surface area contributed by atoms with Crippen molar-refractivity contribution >= 4 is 33.2 Å². The molecular formula is C14H10BrClN2. The fourth-order valence-corrected chi connectivity index (χ4v) is 1.95. The van der Waals surface area contributed by atoms with Crippen LogP contribution >= 0.6 is 27.5 Å². The third kappa shape index (κ3) is 3.25. The first-order valence-corrected chi connectivity index (χ1v) is 6.53. The maximum atomic E-state index is 9.21. The standard InChI is InChI=1S/C14H10BrClN2/c15-11-3-7-13(8-4-11)18-14(9-17)10-1-5-12(16)6-2-10/h1-8,14,18H. The third-order valence-corrected chi connectivity index (χ3v) is 3.27. The highest BCUT2D eigenvalue weighted by molar-refractivity contribution is 9.10. The molecular weight excluding hydrogens is 312 g/mol. The van der Waals surface area contributed by atoms with Crippen LogP contribution in [0.1, 0.15) is 11.6 Å². The fraction of sp³-hybridized carbons (Fsp3) is 0.0714. The van der Waals surface area contributed by atoms with Gasteiger partial charge in [0.1, 0.15) is 6.04 Å². The van der Waals surface area contributed by atoms with Crippen LogP contribution < -0.4 is 5.32 Å². The molecule has 2 rings (SSSR count). The van der Waals surface area contributed by atoms with E-state index in [1.54, 1.807) is 12.1 Å². The Morgan fingerprint density at radius 2 is 1.67 bits per heavy atom. The Kier molecular flexibility index (Phi) is 4.24. The summed E-state index contributed by atoms with van der Waals surface area (Å²) in [7, 11) is 0. The van der Waals surface area contributed by atoms with Crippen LogP contribution in [0.3, 0.4) is 0 Å². The van der Waals surface area contributed by atoms with E-state index in [2.05, 4.69) is 27.3 Å². The van der Waals surface area contributed by atoms with Crippen LogP contribution in [0.4, 0.5) is 5.69 Å². The molecule has 0 saturated carbocycles. The molecule has 1 unspecified atom stereocenters. The predicted octanol–water partition coefficient (Wildman–Crippen LogP) is 4.78. The van der Waals surface area contributed by atoms with Gasteiger partial charge in [0.2, 0.25) is 0 Å². The minimum absolute atomic E-state index is 0.386. The van der Waals surface area contributed by atoms with Gasteiger partial charge in [0.05, 0.1) is 6.07 Å². The lowest BCUT2D eigenvalue weighted by atomic mass is 10.1. The molecule has 2 nitrogen and oxygen atoms in total. The van der Waals surface area contributed by atoms with Crippen molar-refractivity contribution in [2.24, 2.45) is 0 Å². The molecule has 2 aromatic carbocycles. The summed E-state index contributed by atoms with van der Waals surface area (Å²) in [5, 5.41) is 13.0. The molecule has 0 radical (unpaired) electrons. The van der Waals surface area contributed by atoms with Gasteiger partial charge in [-0.1, -0.05) is 39.7 Å². The molecule has 0 heterocycles. The Balaban J connectivity index is 2.17. The van der Waals surface area contributed by atoms with E-state index in [-0.39, 0.29) is 6.04 Å². The Hall–Kier alpha value is -1.50. The van der Waals surface area contributed by atoms with Crippen LogP contribution in [0.2, 0.25) is 5.02 Å². The van der Waals surface area contributed by atoms with E-state index in [1.807, 2.05) is 36.4 Å². The van der Waals surface area contributed by atoms with Gasteiger partial charge in [-0.15, -0.1) is 0 Å². The summed E-state index contributed by atoms with van der Waals surface area (Å²) in [5.74, 6) is 0. The van der Waals surface area contributed by atoms with Crippen LogP contribution in [-0.4, -0.2) is 0 Å². The lowest BCUT2D eigenvalue weighted by Crippen LogP contribution is -2.08. The summed E-state index contributed by atoms with van der Waals surface area (Å²) in [6.07, 6.45) is 0. The second-order valence-electron chi connectivity index (χ2n) is 3.76. The van der Waals surface area contributed by atoms with Gasteiger partial charge in [0, 0.05) is 15.2 Å². The van der Waals surface area contributed by atoms with Gasteiger partial charge in [-0.3, -0.25) is 0 Å². The molecule has 0 aliphatic rings. The quantitative estimate of drug-likeness (QED) is 0.883. The van der Waals surface area contributed by atoms with Crippen LogP contribution in [0.25, 0.3) is 0 Å². The minimum atomic E-state index is -0.386. The molecule has 0 bridgehead atoms. The topological polar surface area (TPSA) is 35.8 Å². The summed E-state index contributed by atoms with van der Waals surface area (Å²) < 4.78 is 1.01. The first-order valence-electron chi connectivity index (χ1n) is 5.36. The first kappa shape index (κ1) is 12.9. The zero-order valence-corrected chi connectivity index (χ0v) is 11.7. The molecule has 0 aromatic heterocycles. The summed E-state index contributed by atoms with van der Waals surface area (Å²) in [4.78, 5) is 0. The van der Waals surface area contributed by atoms with Crippen molar-refractivity contribution in [3.8, 4) is 6.07 Å². The molecule has 0 aliphatic heterocycles. The third-order valence-electron chi connectivity index (χ3n) is 2.49. The molecule has 1 atom stereocenters. The van der Waals surface area contributed by atoms with Gasteiger partial charge in [0.15, 0.2) is 0 Å². The normalized spacial score (nSPS) is 11.6. The summed E-state index contributed by atoms with van der Waals surface area (Å²) in [6, 6.07) is 16.8. The second kappa shape index (κ2) is 5.90. The smallest absolute Gasteiger partial charge is 0.140 e. The van der Waals surface area contributed by atoms with E-state index in [0.29, 0.717) is 5.02 Å². The lowest BCUT2D eigenvalue weighted by molar-refractivity contribution is 0.998. The zero-order valence-electron chi connectivity index (χ0n) is 9.40. The van der Waals surface area contributed by atoms with Gasteiger partial charge >= 0.3 is 0 Å². The Bertz CT molecular complexity index is 558. The van der Waals surface area contributed by atoms with Gasteiger partial charge < -0.3 is 5.32 Å². The molecule has 90 valence electrons. The fourth-order valence-electron chi connectivity index (χ4n) is 1.56. The number of hydrogen-bond acceptors (Lipinski definition) is 2. The van der Waals surface area contributed by atoms with Crippen molar-refractivity contribution in [2.75, 3.05) is 5.32 Å². The first-order chi connectivity index (χ1) is 8.69. The molecule has 0 aliphatic carbocycles. The van der Waals surface area contributed by atoms with E-state index < -0.39 is 0 Å². The highest BCUT2D eigenvalue weighted by Crippen LogP contribution is 2.22. The highest BCUT2D eigenvalue weighted by Gasteiger charge is 2.09. The second-order valence-corrected chi connectivity index (χ2v) is 5.12. The Labute approximate surface area is 119 Å². The molecule has 0 saturated heterocycles. The Morgan fingerprint density at radius 1 is 1.06 bits per heavy atom. The zero-order chi connectivity index (χ0) is 13.0. The number of nitriles is 1. The van der Waals surface area contributed by atoms with Crippen LogP contribution in [-0.2, 0) is 0 Å². The maximum Gasteiger partial charge on any atom is 0.140 e. The van der Waals surface area contributed by atoms with Crippen LogP contribution in [0, 0.1) is 11.3 Å². The monoisotopic (exact) mass is 320 g/mol. The van der Waals surface area contributed by atoms with Crippen LogP contribution in [0.5, 0.6) is 0 Å². The lowest BCUT2D eigenvalue weighted by Gasteiger charge is -2.13. The van der Waals surface area contributed by atoms with E-state index in [4.69, 9.17) is 11.6 Å². The molecule has 18 heavy (non-hydrogen) atoms. The molecule has 1 N–H and O–H groups in total. The van der Waals surface area contributed by atoms with E-state index in [0.717, 1.165) is 15.7 Å². The Morgan fingerprint density at radius 3 is 2.22 bits per heavy atom. The van der Waals surface area contributed by atoms with Crippen molar-refractivity contribution in [2.45, 2.75) is 6.04 Å².